The zero-order chi connectivity index (χ0) is 14.8. The number of allylic oxidation sites excluding steroid dienone is 2. The Hall–Kier alpha value is -1.65. The predicted octanol–water partition coefficient (Wildman–Crippen LogP) is 1.39. The maximum atomic E-state index is 12.2. The second-order valence-corrected chi connectivity index (χ2v) is 6.28. The Kier molecular flexibility index (Phi) is 4.08. The lowest BCUT2D eigenvalue weighted by atomic mass is 9.85. The second-order valence-electron chi connectivity index (χ2n) is 6.28. The minimum Gasteiger partial charge on any atom is -0.353 e. The highest BCUT2D eigenvalue weighted by atomic mass is 16.2. The van der Waals surface area contributed by atoms with Crippen LogP contribution in [0.4, 0.5) is 0 Å². The molecule has 1 heterocycles. The first-order valence-corrected chi connectivity index (χ1v) is 7.96. The van der Waals surface area contributed by atoms with E-state index in [1.165, 1.54) is 17.7 Å². The number of carbonyl (C=O) groups excluding carboxylic acids is 3. The normalized spacial score (nSPS) is 29.0. The summed E-state index contributed by atoms with van der Waals surface area (Å²) in [5.74, 6) is -0.623. The van der Waals surface area contributed by atoms with Crippen molar-refractivity contribution in [2.24, 2.45) is 11.8 Å². The summed E-state index contributed by atoms with van der Waals surface area (Å²) in [6.07, 6.45) is 9.91. The molecular formula is C16H22N2O3. The second kappa shape index (κ2) is 6.00. The van der Waals surface area contributed by atoms with Gasteiger partial charge in [0.1, 0.15) is 0 Å². The first kappa shape index (κ1) is 14.3. The number of rotatable bonds is 4. The highest BCUT2D eigenvalue weighted by molar-refractivity contribution is 6.05. The van der Waals surface area contributed by atoms with Crippen LogP contribution in [0.25, 0.3) is 0 Å². The summed E-state index contributed by atoms with van der Waals surface area (Å²) < 4.78 is 0. The number of amides is 3. The van der Waals surface area contributed by atoms with Crippen molar-refractivity contribution in [1.29, 1.82) is 0 Å². The van der Waals surface area contributed by atoms with Gasteiger partial charge in [-0.2, -0.15) is 0 Å². The van der Waals surface area contributed by atoms with Crippen LogP contribution in [0, 0.1) is 11.8 Å². The van der Waals surface area contributed by atoms with Crippen LogP contribution in [0.2, 0.25) is 0 Å². The first-order chi connectivity index (χ1) is 10.2. The van der Waals surface area contributed by atoms with Crippen LogP contribution in [-0.4, -0.2) is 35.2 Å². The molecule has 114 valence electrons. The highest BCUT2D eigenvalue weighted by Crippen LogP contribution is 2.34. The summed E-state index contributed by atoms with van der Waals surface area (Å²) in [5.41, 5.74) is 0. The topological polar surface area (TPSA) is 66.5 Å². The molecule has 2 fully saturated rings. The summed E-state index contributed by atoms with van der Waals surface area (Å²) in [6.45, 7) is 0.225. The molecule has 0 aromatic carbocycles. The van der Waals surface area contributed by atoms with E-state index >= 15 is 0 Å². The Morgan fingerprint density at radius 2 is 1.67 bits per heavy atom. The van der Waals surface area contributed by atoms with Crippen LogP contribution < -0.4 is 5.32 Å². The summed E-state index contributed by atoms with van der Waals surface area (Å²) in [4.78, 5) is 37.7. The number of fused-ring (bicyclic) bond motifs is 1. The standard InChI is InChI=1S/C16H22N2O3/c19-14(17-11-5-1-2-6-11)9-10-18-15(20)12-7-3-4-8-13(12)16(18)21/h3-4,11-13H,1-2,5-10H2,(H,17,19)/t12-,13-/m0/s1. The molecule has 2 aliphatic carbocycles. The van der Waals surface area contributed by atoms with Gasteiger partial charge in [0.15, 0.2) is 0 Å². The molecule has 0 aromatic rings. The SMILES string of the molecule is O=C(CCN1C(=O)[C@H]2CC=CC[C@@H]2C1=O)NC1CCCC1. The molecule has 0 radical (unpaired) electrons. The quantitative estimate of drug-likeness (QED) is 0.628. The lowest BCUT2D eigenvalue weighted by Crippen LogP contribution is -2.38. The minimum absolute atomic E-state index is 0.0458. The van der Waals surface area contributed by atoms with Gasteiger partial charge in [-0.1, -0.05) is 25.0 Å². The molecule has 1 aliphatic heterocycles. The van der Waals surface area contributed by atoms with Gasteiger partial charge in [-0.15, -0.1) is 0 Å². The van der Waals surface area contributed by atoms with Gasteiger partial charge in [0, 0.05) is 19.0 Å². The molecule has 3 amide bonds. The van der Waals surface area contributed by atoms with E-state index in [2.05, 4.69) is 5.32 Å². The highest BCUT2D eigenvalue weighted by Gasteiger charge is 2.46. The smallest absolute Gasteiger partial charge is 0.233 e. The summed E-state index contributed by atoms with van der Waals surface area (Å²) in [5, 5.41) is 2.99. The third kappa shape index (κ3) is 2.87. The van der Waals surface area contributed by atoms with E-state index in [1.807, 2.05) is 12.2 Å². The maximum absolute atomic E-state index is 12.2. The molecule has 0 spiro atoms. The molecule has 1 saturated heterocycles. The molecule has 3 aliphatic rings. The first-order valence-electron chi connectivity index (χ1n) is 7.96. The van der Waals surface area contributed by atoms with Crippen molar-refractivity contribution < 1.29 is 14.4 Å². The minimum atomic E-state index is -0.194. The molecule has 21 heavy (non-hydrogen) atoms. The largest absolute Gasteiger partial charge is 0.353 e. The van der Waals surface area contributed by atoms with Gasteiger partial charge in [0.05, 0.1) is 11.8 Å². The Morgan fingerprint density at radius 3 is 2.24 bits per heavy atom. The predicted molar refractivity (Wildman–Crippen MR) is 77.1 cm³/mol. The average Bonchev–Trinajstić information content (AvgIpc) is 3.07. The number of hydrogen-bond acceptors (Lipinski definition) is 3. The Balaban J connectivity index is 1.52. The molecule has 0 unspecified atom stereocenters. The fourth-order valence-electron chi connectivity index (χ4n) is 3.67. The number of imide groups is 1. The van der Waals surface area contributed by atoms with Crippen molar-refractivity contribution in [3.8, 4) is 0 Å². The lowest BCUT2D eigenvalue weighted by molar-refractivity contribution is -0.140. The summed E-state index contributed by atoms with van der Waals surface area (Å²) in [6, 6.07) is 0.286. The average molecular weight is 290 g/mol. The van der Waals surface area contributed by atoms with E-state index in [0.717, 1.165) is 12.8 Å². The van der Waals surface area contributed by atoms with Gasteiger partial charge < -0.3 is 5.32 Å². The van der Waals surface area contributed by atoms with Crippen LogP contribution in [0.5, 0.6) is 0 Å². The van der Waals surface area contributed by atoms with Crippen LogP contribution in [0.1, 0.15) is 44.9 Å². The van der Waals surface area contributed by atoms with E-state index in [1.54, 1.807) is 0 Å². The lowest BCUT2D eigenvalue weighted by Gasteiger charge is -2.16. The van der Waals surface area contributed by atoms with Gasteiger partial charge in [0.25, 0.3) is 0 Å². The van der Waals surface area contributed by atoms with Crippen LogP contribution in [0.15, 0.2) is 12.2 Å². The van der Waals surface area contributed by atoms with E-state index in [9.17, 15) is 14.4 Å². The zero-order valence-corrected chi connectivity index (χ0v) is 12.2. The Morgan fingerprint density at radius 1 is 1.10 bits per heavy atom. The van der Waals surface area contributed by atoms with E-state index < -0.39 is 0 Å². The van der Waals surface area contributed by atoms with Crippen molar-refractivity contribution in [3.05, 3.63) is 12.2 Å². The van der Waals surface area contributed by atoms with Gasteiger partial charge in [-0.25, -0.2) is 0 Å². The van der Waals surface area contributed by atoms with Gasteiger partial charge in [-0.05, 0) is 25.7 Å². The molecular weight excluding hydrogens is 268 g/mol. The van der Waals surface area contributed by atoms with E-state index in [4.69, 9.17) is 0 Å². The molecule has 0 aromatic heterocycles. The molecule has 2 atom stereocenters. The van der Waals surface area contributed by atoms with Crippen molar-refractivity contribution >= 4 is 17.7 Å². The third-order valence-electron chi connectivity index (χ3n) is 4.88. The van der Waals surface area contributed by atoms with Crippen molar-refractivity contribution in [1.82, 2.24) is 10.2 Å². The molecule has 5 nitrogen and oxygen atoms in total. The van der Waals surface area contributed by atoms with Crippen LogP contribution in [0.3, 0.4) is 0 Å². The maximum Gasteiger partial charge on any atom is 0.233 e. The molecule has 3 rings (SSSR count). The summed E-state index contributed by atoms with van der Waals surface area (Å²) >= 11 is 0. The zero-order valence-electron chi connectivity index (χ0n) is 12.2. The Bertz CT molecular complexity index is 454. The van der Waals surface area contributed by atoms with Crippen LogP contribution >= 0.6 is 0 Å². The van der Waals surface area contributed by atoms with E-state index in [-0.39, 0.29) is 48.6 Å². The van der Waals surface area contributed by atoms with Gasteiger partial charge in [-0.3, -0.25) is 19.3 Å². The third-order valence-corrected chi connectivity index (χ3v) is 4.88. The molecule has 1 saturated carbocycles. The fraction of sp³-hybridized carbons (Fsp3) is 0.688. The van der Waals surface area contributed by atoms with E-state index in [0.29, 0.717) is 12.8 Å². The van der Waals surface area contributed by atoms with Crippen molar-refractivity contribution in [3.63, 3.8) is 0 Å². The number of nitrogens with zero attached hydrogens (tertiary/aromatic N) is 1. The van der Waals surface area contributed by atoms with Crippen molar-refractivity contribution in [2.75, 3.05) is 6.54 Å². The van der Waals surface area contributed by atoms with Crippen molar-refractivity contribution in [2.45, 2.75) is 51.0 Å². The molecule has 0 bridgehead atoms. The van der Waals surface area contributed by atoms with Gasteiger partial charge >= 0.3 is 0 Å². The molecule has 1 N–H and O–H groups in total. The fourth-order valence-corrected chi connectivity index (χ4v) is 3.67. The summed E-state index contributed by atoms with van der Waals surface area (Å²) in [7, 11) is 0. The Labute approximate surface area is 124 Å². The van der Waals surface area contributed by atoms with Crippen LogP contribution in [-0.2, 0) is 14.4 Å². The monoisotopic (exact) mass is 290 g/mol. The van der Waals surface area contributed by atoms with Gasteiger partial charge in [0.2, 0.25) is 17.7 Å². The number of likely N-dealkylation sites (tertiary alicyclic amines) is 1. The number of carbonyl (C=O) groups is 3. The number of nitrogens with one attached hydrogen (secondary N) is 1. The molecule has 5 heteroatoms. The number of hydrogen-bond donors (Lipinski definition) is 1.